The molecule has 3 atom stereocenters. The van der Waals surface area contributed by atoms with Gasteiger partial charge in [0.15, 0.2) is 0 Å². The van der Waals surface area contributed by atoms with Gasteiger partial charge in [-0.05, 0) is 57.9 Å². The van der Waals surface area contributed by atoms with Gasteiger partial charge >= 0.3 is 0 Å². The normalized spacial score (nSPS) is 32.4. The molecular formula is C16H31N3. The van der Waals surface area contributed by atoms with E-state index in [2.05, 4.69) is 24.0 Å². The number of hydrogen-bond donors (Lipinski definition) is 2. The van der Waals surface area contributed by atoms with E-state index in [9.17, 15) is 0 Å². The molecule has 0 amide bonds. The van der Waals surface area contributed by atoms with Crippen LogP contribution in [0.4, 0.5) is 0 Å². The molecule has 0 saturated carbocycles. The van der Waals surface area contributed by atoms with Crippen molar-refractivity contribution in [2.24, 2.45) is 11.8 Å². The number of hydrazine groups is 1. The Bertz CT molecular complexity index is 265. The van der Waals surface area contributed by atoms with Crippen LogP contribution in [0, 0.1) is 5.92 Å². The van der Waals surface area contributed by atoms with E-state index in [0.717, 1.165) is 24.4 Å². The minimum absolute atomic E-state index is 0.528. The maximum absolute atomic E-state index is 5.81. The Morgan fingerprint density at radius 1 is 1.26 bits per heavy atom. The van der Waals surface area contributed by atoms with Crippen LogP contribution in [-0.4, -0.2) is 30.1 Å². The Hall–Kier alpha value is -0.380. The highest BCUT2D eigenvalue weighted by Crippen LogP contribution is 2.39. The van der Waals surface area contributed by atoms with E-state index in [1.165, 1.54) is 51.4 Å². The molecule has 2 aliphatic heterocycles. The second-order valence-corrected chi connectivity index (χ2v) is 6.48. The molecule has 19 heavy (non-hydrogen) atoms. The average molecular weight is 265 g/mol. The lowest BCUT2D eigenvalue weighted by Crippen LogP contribution is -2.48. The third-order valence-electron chi connectivity index (χ3n) is 5.34. The predicted octanol–water partition coefficient (Wildman–Crippen LogP) is 2.83. The van der Waals surface area contributed by atoms with Gasteiger partial charge in [0, 0.05) is 18.1 Å². The van der Waals surface area contributed by atoms with Gasteiger partial charge in [-0.3, -0.25) is 11.3 Å². The lowest BCUT2D eigenvalue weighted by Gasteiger charge is -2.39. The van der Waals surface area contributed by atoms with E-state index in [0.29, 0.717) is 6.04 Å². The van der Waals surface area contributed by atoms with Crippen LogP contribution in [0.2, 0.25) is 0 Å². The summed E-state index contributed by atoms with van der Waals surface area (Å²) < 4.78 is 0. The molecule has 2 fully saturated rings. The van der Waals surface area contributed by atoms with Crippen LogP contribution in [-0.2, 0) is 0 Å². The molecular weight excluding hydrogens is 234 g/mol. The summed E-state index contributed by atoms with van der Waals surface area (Å²) >= 11 is 0. The fourth-order valence-electron chi connectivity index (χ4n) is 4.07. The Balaban J connectivity index is 1.74. The van der Waals surface area contributed by atoms with E-state index in [1.807, 2.05) is 6.08 Å². The molecule has 0 aliphatic carbocycles. The fraction of sp³-hybridized carbons (Fsp3) is 0.875. The van der Waals surface area contributed by atoms with Crippen LogP contribution in [0.3, 0.4) is 0 Å². The Morgan fingerprint density at radius 3 is 2.53 bits per heavy atom. The first kappa shape index (κ1) is 15.0. The predicted molar refractivity (Wildman–Crippen MR) is 81.7 cm³/mol. The van der Waals surface area contributed by atoms with Crippen LogP contribution in [0.25, 0.3) is 0 Å². The van der Waals surface area contributed by atoms with Crippen molar-refractivity contribution < 1.29 is 0 Å². The summed E-state index contributed by atoms with van der Waals surface area (Å²) in [6, 6.07) is 2.17. The number of nitrogens with two attached hydrogens (primary N) is 1. The zero-order valence-electron chi connectivity index (χ0n) is 12.5. The van der Waals surface area contributed by atoms with Gasteiger partial charge in [0.05, 0.1) is 0 Å². The third-order valence-corrected chi connectivity index (χ3v) is 5.34. The minimum Gasteiger partial charge on any atom is -0.300 e. The van der Waals surface area contributed by atoms with Crippen molar-refractivity contribution in [3.63, 3.8) is 0 Å². The summed E-state index contributed by atoms with van der Waals surface area (Å²) in [4.78, 5) is 2.61. The zero-order valence-corrected chi connectivity index (χ0v) is 12.5. The molecule has 2 heterocycles. The number of hydrogen-bond acceptors (Lipinski definition) is 3. The monoisotopic (exact) mass is 265 g/mol. The van der Waals surface area contributed by atoms with Crippen molar-refractivity contribution in [1.29, 1.82) is 0 Å². The molecule has 3 heteroatoms. The smallest absolute Gasteiger partial charge is 0.0239 e. The van der Waals surface area contributed by atoms with Crippen molar-refractivity contribution in [2.45, 2.75) is 75.9 Å². The third kappa shape index (κ3) is 3.80. The summed E-state index contributed by atoms with van der Waals surface area (Å²) in [5.74, 6) is 6.60. The Kier molecular flexibility index (Phi) is 5.86. The number of nitrogens with one attached hydrogen (secondary N) is 1. The van der Waals surface area contributed by atoms with Crippen LogP contribution in [0.15, 0.2) is 12.7 Å². The Morgan fingerprint density at radius 2 is 1.95 bits per heavy atom. The van der Waals surface area contributed by atoms with E-state index in [4.69, 9.17) is 5.84 Å². The van der Waals surface area contributed by atoms with Gasteiger partial charge in [-0.1, -0.05) is 18.9 Å². The second kappa shape index (κ2) is 7.41. The lowest BCUT2D eigenvalue weighted by atomic mass is 9.83. The molecule has 0 radical (unpaired) electrons. The molecule has 0 aromatic carbocycles. The van der Waals surface area contributed by atoms with E-state index < -0.39 is 0 Å². The molecule has 2 bridgehead atoms. The molecule has 0 aromatic rings. The summed E-state index contributed by atoms with van der Waals surface area (Å²) in [5, 5.41) is 0. The van der Waals surface area contributed by atoms with Gasteiger partial charge in [0.2, 0.25) is 0 Å². The number of unbranched alkanes of at least 4 members (excludes halogenated alkanes) is 3. The maximum Gasteiger partial charge on any atom is 0.0239 e. The number of fused-ring (bicyclic) bond motifs is 2. The second-order valence-electron chi connectivity index (χ2n) is 6.48. The van der Waals surface area contributed by atoms with Gasteiger partial charge in [0.25, 0.3) is 0 Å². The molecule has 2 aliphatic rings. The minimum atomic E-state index is 0.528. The summed E-state index contributed by atoms with van der Waals surface area (Å²) in [7, 11) is 2.30. The largest absolute Gasteiger partial charge is 0.300 e. The molecule has 0 spiro atoms. The summed E-state index contributed by atoms with van der Waals surface area (Å²) in [6.45, 7) is 3.78. The first-order valence-corrected chi connectivity index (χ1v) is 8.05. The molecule has 0 aromatic heterocycles. The van der Waals surface area contributed by atoms with Crippen LogP contribution < -0.4 is 11.3 Å². The van der Waals surface area contributed by atoms with Gasteiger partial charge in [-0.25, -0.2) is 0 Å². The van der Waals surface area contributed by atoms with Crippen molar-refractivity contribution in [2.75, 3.05) is 7.05 Å². The van der Waals surface area contributed by atoms with Crippen molar-refractivity contribution in [1.82, 2.24) is 10.3 Å². The molecule has 110 valence electrons. The van der Waals surface area contributed by atoms with Crippen LogP contribution >= 0.6 is 0 Å². The lowest BCUT2D eigenvalue weighted by molar-refractivity contribution is 0.109. The van der Waals surface area contributed by atoms with Gasteiger partial charge in [-0.15, -0.1) is 6.58 Å². The van der Waals surface area contributed by atoms with E-state index >= 15 is 0 Å². The number of nitrogens with zero attached hydrogens (tertiary/aromatic N) is 1. The molecule has 3 nitrogen and oxygen atoms in total. The highest BCUT2D eigenvalue weighted by Gasteiger charge is 2.40. The number of rotatable bonds is 8. The van der Waals surface area contributed by atoms with Crippen LogP contribution in [0.5, 0.6) is 0 Å². The van der Waals surface area contributed by atoms with E-state index in [-0.39, 0.29) is 0 Å². The average Bonchev–Trinajstić information content (AvgIpc) is 2.66. The van der Waals surface area contributed by atoms with Crippen molar-refractivity contribution in [3.05, 3.63) is 12.7 Å². The number of piperidine rings is 1. The highest BCUT2D eigenvalue weighted by atomic mass is 15.2. The fourth-order valence-corrected chi connectivity index (χ4v) is 4.07. The van der Waals surface area contributed by atoms with Gasteiger partial charge in [0.1, 0.15) is 0 Å². The summed E-state index contributed by atoms with van der Waals surface area (Å²) in [6.07, 6.45) is 13.8. The zero-order chi connectivity index (χ0) is 13.7. The van der Waals surface area contributed by atoms with Gasteiger partial charge < -0.3 is 4.90 Å². The van der Waals surface area contributed by atoms with Crippen molar-refractivity contribution >= 4 is 0 Å². The topological polar surface area (TPSA) is 41.3 Å². The molecule has 3 unspecified atom stereocenters. The first-order chi connectivity index (χ1) is 9.26. The van der Waals surface area contributed by atoms with Crippen molar-refractivity contribution in [3.8, 4) is 0 Å². The van der Waals surface area contributed by atoms with Gasteiger partial charge in [-0.2, -0.15) is 0 Å². The molecule has 3 N–H and O–H groups in total. The molecule has 2 rings (SSSR count). The Labute approximate surface area is 118 Å². The SMILES string of the molecule is C=CCCCCCC(NN)C1CC2CCC(C1)N2C. The summed E-state index contributed by atoms with van der Waals surface area (Å²) in [5.41, 5.74) is 3.11. The van der Waals surface area contributed by atoms with Crippen LogP contribution in [0.1, 0.15) is 57.8 Å². The quantitative estimate of drug-likeness (QED) is 0.307. The molecule has 2 saturated heterocycles. The maximum atomic E-state index is 5.81. The van der Waals surface area contributed by atoms with E-state index in [1.54, 1.807) is 0 Å². The standard InChI is InChI=1S/C16H31N3/c1-3-4-5-6-7-8-16(18-17)13-11-14-9-10-15(12-13)19(14)2/h3,13-16,18H,1,4-12,17H2,2H3. The highest BCUT2D eigenvalue weighted by molar-refractivity contribution is 4.96. The number of allylic oxidation sites excluding steroid dienone is 1. The first-order valence-electron chi connectivity index (χ1n) is 8.05.